The van der Waals surface area contributed by atoms with Gasteiger partial charge in [0.1, 0.15) is 6.04 Å². The van der Waals surface area contributed by atoms with Crippen LogP contribution >= 0.6 is 0 Å². The van der Waals surface area contributed by atoms with E-state index in [-0.39, 0.29) is 24.3 Å². The quantitative estimate of drug-likeness (QED) is 0.239. The number of nitrogens with one attached hydrogen (secondary N) is 2. The highest BCUT2D eigenvalue weighted by molar-refractivity contribution is 5.92. The number of carbonyl (C=O) groups is 2. The molecule has 0 saturated heterocycles. The molecule has 0 aliphatic heterocycles. The standard InChI is InChI=1S/C34H39N3O4/c1-40-30-18-17-25(21-31(30)41-2)33(34(39)36-27-13-7-4-8-14-27)37(20-19-24-11-5-3-6-12-24)32(38)22-26-23-35-29-16-10-9-15-28(26)29/h3,5-6,9-12,15-18,21,23,27,33,35H,4,7-8,13-14,19-20,22H2,1-2H3,(H,36,39). The van der Waals surface area contributed by atoms with Gasteiger partial charge in [-0.1, -0.05) is 73.9 Å². The Morgan fingerprint density at radius 3 is 2.41 bits per heavy atom. The van der Waals surface area contributed by atoms with Crippen LogP contribution in [0.3, 0.4) is 0 Å². The fourth-order valence-electron chi connectivity index (χ4n) is 5.86. The van der Waals surface area contributed by atoms with E-state index in [1.54, 1.807) is 25.2 Å². The Labute approximate surface area is 241 Å². The van der Waals surface area contributed by atoms with E-state index >= 15 is 0 Å². The Bertz CT molecular complexity index is 1460. The number of hydrogen-bond donors (Lipinski definition) is 2. The van der Waals surface area contributed by atoms with Crippen molar-refractivity contribution < 1.29 is 19.1 Å². The van der Waals surface area contributed by atoms with Gasteiger partial charge >= 0.3 is 0 Å². The van der Waals surface area contributed by atoms with Gasteiger partial charge in [0, 0.05) is 29.7 Å². The Morgan fingerprint density at radius 1 is 0.927 bits per heavy atom. The van der Waals surface area contributed by atoms with E-state index in [1.807, 2.05) is 60.8 Å². The smallest absolute Gasteiger partial charge is 0.247 e. The zero-order chi connectivity index (χ0) is 28.6. The monoisotopic (exact) mass is 553 g/mol. The van der Waals surface area contributed by atoms with Gasteiger partial charge in [-0.05, 0) is 54.2 Å². The van der Waals surface area contributed by atoms with Crippen molar-refractivity contribution in [2.75, 3.05) is 20.8 Å². The fraction of sp³-hybridized carbons (Fsp3) is 0.353. The maximum Gasteiger partial charge on any atom is 0.247 e. The number of amides is 2. The average molecular weight is 554 g/mol. The molecule has 1 atom stereocenters. The minimum absolute atomic E-state index is 0.107. The molecule has 1 unspecified atom stereocenters. The van der Waals surface area contributed by atoms with Gasteiger partial charge in [0.25, 0.3) is 0 Å². The molecule has 3 aromatic carbocycles. The van der Waals surface area contributed by atoms with Crippen molar-refractivity contribution in [2.24, 2.45) is 0 Å². The molecule has 0 bridgehead atoms. The molecule has 7 nitrogen and oxygen atoms in total. The van der Waals surface area contributed by atoms with Crippen LogP contribution in [0.25, 0.3) is 10.9 Å². The van der Waals surface area contributed by atoms with E-state index < -0.39 is 6.04 Å². The second kappa shape index (κ2) is 13.4. The molecule has 4 aromatic rings. The zero-order valence-electron chi connectivity index (χ0n) is 23.9. The summed E-state index contributed by atoms with van der Waals surface area (Å²) < 4.78 is 11.1. The van der Waals surface area contributed by atoms with Gasteiger partial charge in [-0.3, -0.25) is 9.59 Å². The molecule has 7 heteroatoms. The molecule has 41 heavy (non-hydrogen) atoms. The van der Waals surface area contributed by atoms with Gasteiger partial charge < -0.3 is 24.7 Å². The Kier molecular flexibility index (Phi) is 9.24. The number of fused-ring (bicyclic) bond motifs is 1. The summed E-state index contributed by atoms with van der Waals surface area (Å²) in [6, 6.07) is 22.8. The van der Waals surface area contributed by atoms with Crippen LogP contribution < -0.4 is 14.8 Å². The number of nitrogens with zero attached hydrogens (tertiary/aromatic N) is 1. The molecular weight excluding hydrogens is 514 g/mol. The molecule has 1 aromatic heterocycles. The van der Waals surface area contributed by atoms with E-state index in [0.717, 1.165) is 47.7 Å². The molecule has 5 rings (SSSR count). The number of para-hydroxylation sites is 1. The molecule has 214 valence electrons. The molecule has 1 aliphatic rings. The second-order valence-electron chi connectivity index (χ2n) is 10.7. The topological polar surface area (TPSA) is 83.7 Å². The minimum Gasteiger partial charge on any atom is -0.493 e. The summed E-state index contributed by atoms with van der Waals surface area (Å²) in [4.78, 5) is 33.4. The number of methoxy groups -OCH3 is 2. The number of benzene rings is 3. The number of aromatic nitrogens is 1. The lowest BCUT2D eigenvalue weighted by molar-refractivity contribution is -0.140. The Balaban J connectivity index is 1.52. The van der Waals surface area contributed by atoms with Crippen LogP contribution in [0, 0.1) is 0 Å². The molecule has 2 N–H and O–H groups in total. The van der Waals surface area contributed by atoms with Crippen molar-refractivity contribution >= 4 is 22.7 Å². The predicted octanol–water partition coefficient (Wildman–Crippen LogP) is 5.99. The lowest BCUT2D eigenvalue weighted by Gasteiger charge is -2.34. The van der Waals surface area contributed by atoms with E-state index in [0.29, 0.717) is 30.0 Å². The second-order valence-corrected chi connectivity index (χ2v) is 10.7. The molecular formula is C34H39N3O4. The van der Waals surface area contributed by atoms with Crippen molar-refractivity contribution in [3.05, 3.63) is 95.7 Å². The molecule has 2 amide bonds. The van der Waals surface area contributed by atoms with Crippen molar-refractivity contribution in [1.82, 2.24) is 15.2 Å². The SMILES string of the molecule is COc1ccc(C(C(=O)NC2CCCCC2)N(CCc2ccccc2)C(=O)Cc2c[nH]c3ccccc23)cc1OC. The van der Waals surface area contributed by atoms with Gasteiger partial charge in [-0.15, -0.1) is 0 Å². The number of rotatable bonds is 11. The molecule has 0 radical (unpaired) electrons. The predicted molar refractivity (Wildman–Crippen MR) is 161 cm³/mol. The van der Waals surface area contributed by atoms with Crippen LogP contribution in [-0.2, 0) is 22.4 Å². The number of ether oxygens (including phenoxy) is 2. The number of aromatic amines is 1. The highest BCUT2D eigenvalue weighted by atomic mass is 16.5. The summed E-state index contributed by atoms with van der Waals surface area (Å²) in [7, 11) is 3.16. The minimum atomic E-state index is -0.821. The van der Waals surface area contributed by atoms with E-state index in [4.69, 9.17) is 9.47 Å². The summed E-state index contributed by atoms with van der Waals surface area (Å²) in [5.74, 6) is 0.824. The molecule has 1 saturated carbocycles. The highest BCUT2D eigenvalue weighted by Gasteiger charge is 2.33. The van der Waals surface area contributed by atoms with Gasteiger partial charge in [-0.2, -0.15) is 0 Å². The van der Waals surface area contributed by atoms with Gasteiger partial charge in [0.15, 0.2) is 11.5 Å². The Morgan fingerprint density at radius 2 is 1.66 bits per heavy atom. The van der Waals surface area contributed by atoms with Crippen LogP contribution in [-0.4, -0.2) is 48.5 Å². The highest BCUT2D eigenvalue weighted by Crippen LogP contribution is 2.33. The third kappa shape index (κ3) is 6.73. The van der Waals surface area contributed by atoms with Crippen LogP contribution in [0.2, 0.25) is 0 Å². The first-order chi connectivity index (χ1) is 20.1. The van der Waals surface area contributed by atoms with E-state index in [1.165, 1.54) is 6.42 Å². The molecule has 0 spiro atoms. The lowest BCUT2D eigenvalue weighted by Crippen LogP contribution is -2.48. The summed E-state index contributed by atoms with van der Waals surface area (Å²) >= 11 is 0. The molecule has 1 fully saturated rings. The summed E-state index contributed by atoms with van der Waals surface area (Å²) in [5, 5.41) is 4.31. The van der Waals surface area contributed by atoms with Crippen LogP contribution in [0.4, 0.5) is 0 Å². The Hall–Kier alpha value is -4.26. The molecule has 1 aliphatic carbocycles. The fourth-order valence-corrected chi connectivity index (χ4v) is 5.86. The third-order valence-electron chi connectivity index (χ3n) is 8.06. The maximum atomic E-state index is 14.2. The van der Waals surface area contributed by atoms with Crippen molar-refractivity contribution in [1.29, 1.82) is 0 Å². The van der Waals surface area contributed by atoms with Gasteiger partial charge in [-0.25, -0.2) is 0 Å². The number of H-pyrrole nitrogens is 1. The van der Waals surface area contributed by atoms with Crippen LogP contribution in [0.5, 0.6) is 11.5 Å². The summed E-state index contributed by atoms with van der Waals surface area (Å²) in [5.41, 5.74) is 3.69. The number of hydrogen-bond acceptors (Lipinski definition) is 4. The molecule has 1 heterocycles. The van der Waals surface area contributed by atoms with E-state index in [2.05, 4.69) is 22.4 Å². The summed E-state index contributed by atoms with van der Waals surface area (Å²) in [6.07, 6.45) is 8.01. The summed E-state index contributed by atoms with van der Waals surface area (Å²) in [6.45, 7) is 0.391. The van der Waals surface area contributed by atoms with Crippen molar-refractivity contribution in [2.45, 2.75) is 57.0 Å². The first kappa shape index (κ1) is 28.3. The lowest BCUT2D eigenvalue weighted by atomic mass is 9.94. The first-order valence-corrected chi connectivity index (χ1v) is 14.5. The van der Waals surface area contributed by atoms with Crippen LogP contribution in [0.15, 0.2) is 79.0 Å². The van der Waals surface area contributed by atoms with Gasteiger partial charge in [0.2, 0.25) is 11.8 Å². The third-order valence-corrected chi connectivity index (χ3v) is 8.06. The van der Waals surface area contributed by atoms with Crippen LogP contribution in [0.1, 0.15) is 54.8 Å². The largest absolute Gasteiger partial charge is 0.493 e. The number of carbonyl (C=O) groups excluding carboxylic acids is 2. The normalized spacial score (nSPS) is 14.4. The first-order valence-electron chi connectivity index (χ1n) is 14.5. The van der Waals surface area contributed by atoms with Crippen molar-refractivity contribution in [3.8, 4) is 11.5 Å². The van der Waals surface area contributed by atoms with Crippen molar-refractivity contribution in [3.63, 3.8) is 0 Å². The van der Waals surface area contributed by atoms with Gasteiger partial charge in [0.05, 0.1) is 20.6 Å². The van der Waals surface area contributed by atoms with E-state index in [9.17, 15) is 9.59 Å². The average Bonchev–Trinajstić information content (AvgIpc) is 3.42. The zero-order valence-corrected chi connectivity index (χ0v) is 23.9. The maximum absolute atomic E-state index is 14.2.